The van der Waals surface area contributed by atoms with Crippen molar-refractivity contribution in [1.82, 2.24) is 9.44 Å². The summed E-state index contributed by atoms with van der Waals surface area (Å²) in [6.45, 7) is 5.14. The largest absolute Gasteiger partial charge is 0.298 e. The summed E-state index contributed by atoms with van der Waals surface area (Å²) in [5.74, 6) is -0.122. The van der Waals surface area contributed by atoms with Crippen LogP contribution < -0.4 is 9.44 Å². The molecule has 0 aromatic carbocycles. The Bertz CT molecular complexity index is 339. The summed E-state index contributed by atoms with van der Waals surface area (Å²) >= 11 is 0. The molecule has 1 rings (SSSR count). The van der Waals surface area contributed by atoms with Crippen molar-refractivity contribution in [2.24, 2.45) is 5.41 Å². The Labute approximate surface area is 90.8 Å². The van der Waals surface area contributed by atoms with Crippen LogP contribution in [0.2, 0.25) is 0 Å². The van der Waals surface area contributed by atoms with Crippen molar-refractivity contribution < 1.29 is 13.2 Å². The van der Waals surface area contributed by atoms with Gasteiger partial charge in [0.1, 0.15) is 0 Å². The molecule has 1 fully saturated rings. The number of rotatable bonds is 5. The predicted octanol–water partition coefficient (Wildman–Crippen LogP) is 0.188. The fourth-order valence-electron chi connectivity index (χ4n) is 0.888. The Balaban J connectivity index is 2.38. The van der Waals surface area contributed by atoms with E-state index in [0.717, 1.165) is 12.8 Å². The number of Topliss-reactive ketones (excluding diaryl/α,β-unsaturated/α-hetero) is 1. The Morgan fingerprint density at radius 3 is 2.27 bits per heavy atom. The lowest BCUT2D eigenvalue weighted by atomic mass is 9.91. The van der Waals surface area contributed by atoms with Gasteiger partial charge in [-0.15, -0.1) is 0 Å². The number of carbonyl (C=O) groups excluding carboxylic acids is 1. The Hall–Kier alpha value is -0.460. The molecule has 0 amide bonds. The maximum atomic E-state index is 11.5. The van der Waals surface area contributed by atoms with Crippen molar-refractivity contribution in [2.45, 2.75) is 39.7 Å². The van der Waals surface area contributed by atoms with Crippen molar-refractivity contribution in [1.29, 1.82) is 0 Å². The number of carbonyl (C=O) groups is 1. The van der Waals surface area contributed by atoms with E-state index < -0.39 is 15.6 Å². The fourth-order valence-corrected chi connectivity index (χ4v) is 1.97. The van der Waals surface area contributed by atoms with Gasteiger partial charge in [0.05, 0.1) is 6.54 Å². The Morgan fingerprint density at radius 2 is 1.87 bits per heavy atom. The van der Waals surface area contributed by atoms with E-state index in [1.807, 2.05) is 0 Å². The van der Waals surface area contributed by atoms with Crippen LogP contribution in [0.1, 0.15) is 33.6 Å². The number of hydrogen-bond acceptors (Lipinski definition) is 3. The molecule has 1 aliphatic rings. The van der Waals surface area contributed by atoms with Gasteiger partial charge in [-0.05, 0) is 12.8 Å². The molecular formula is C9H18N2O3S. The van der Waals surface area contributed by atoms with Crippen LogP contribution in [0.15, 0.2) is 0 Å². The first-order valence-corrected chi connectivity index (χ1v) is 6.49. The van der Waals surface area contributed by atoms with Crippen LogP contribution in [0.4, 0.5) is 0 Å². The molecule has 0 saturated heterocycles. The minimum atomic E-state index is -3.49. The summed E-state index contributed by atoms with van der Waals surface area (Å²) in [6, 6.07) is 0.0623. The first-order chi connectivity index (χ1) is 6.71. The highest BCUT2D eigenvalue weighted by atomic mass is 32.2. The summed E-state index contributed by atoms with van der Waals surface area (Å²) in [4.78, 5) is 11.5. The van der Waals surface area contributed by atoms with E-state index in [1.54, 1.807) is 20.8 Å². The van der Waals surface area contributed by atoms with E-state index in [2.05, 4.69) is 9.44 Å². The number of nitrogens with one attached hydrogen (secondary N) is 2. The molecule has 5 nitrogen and oxygen atoms in total. The predicted molar refractivity (Wildman–Crippen MR) is 57.5 cm³/mol. The van der Waals surface area contributed by atoms with Crippen molar-refractivity contribution in [2.75, 3.05) is 6.54 Å². The van der Waals surface area contributed by atoms with Crippen molar-refractivity contribution in [3.63, 3.8) is 0 Å². The molecular weight excluding hydrogens is 216 g/mol. The summed E-state index contributed by atoms with van der Waals surface area (Å²) in [5.41, 5.74) is -0.512. The van der Waals surface area contributed by atoms with Gasteiger partial charge >= 0.3 is 0 Å². The SMILES string of the molecule is CC(C)(C)C(=O)CNS(=O)(=O)NC1CC1. The van der Waals surface area contributed by atoms with Crippen molar-refractivity contribution >= 4 is 16.0 Å². The maximum absolute atomic E-state index is 11.5. The molecule has 0 aromatic heterocycles. The normalized spacial score (nSPS) is 17.8. The molecule has 0 heterocycles. The third-order valence-electron chi connectivity index (χ3n) is 2.16. The second-order valence-corrected chi connectivity index (χ2v) is 6.42. The second kappa shape index (κ2) is 4.19. The van der Waals surface area contributed by atoms with Crippen LogP contribution >= 0.6 is 0 Å². The first kappa shape index (κ1) is 12.6. The van der Waals surface area contributed by atoms with E-state index in [-0.39, 0.29) is 18.4 Å². The molecule has 0 aromatic rings. The molecule has 0 radical (unpaired) electrons. The van der Waals surface area contributed by atoms with Crippen molar-refractivity contribution in [3.8, 4) is 0 Å². The third kappa shape index (κ3) is 4.72. The smallest absolute Gasteiger partial charge is 0.277 e. The molecule has 2 N–H and O–H groups in total. The lowest BCUT2D eigenvalue weighted by Crippen LogP contribution is -2.42. The van der Waals surface area contributed by atoms with Crippen molar-refractivity contribution in [3.05, 3.63) is 0 Å². The topological polar surface area (TPSA) is 75.3 Å². The second-order valence-electron chi connectivity index (χ2n) is 4.89. The highest BCUT2D eigenvalue weighted by molar-refractivity contribution is 7.87. The lowest BCUT2D eigenvalue weighted by molar-refractivity contribution is -0.125. The zero-order chi connectivity index (χ0) is 11.7. The monoisotopic (exact) mass is 234 g/mol. The van der Waals surface area contributed by atoms with Crippen LogP contribution in [0.5, 0.6) is 0 Å². The van der Waals surface area contributed by atoms with Gasteiger partial charge in [0.25, 0.3) is 10.2 Å². The van der Waals surface area contributed by atoms with E-state index in [1.165, 1.54) is 0 Å². The minimum absolute atomic E-state index is 0.0623. The third-order valence-corrected chi connectivity index (χ3v) is 3.33. The zero-order valence-corrected chi connectivity index (χ0v) is 10.1. The van der Waals surface area contributed by atoms with Gasteiger partial charge in [0, 0.05) is 11.5 Å². The molecule has 88 valence electrons. The molecule has 1 saturated carbocycles. The first-order valence-electron chi connectivity index (χ1n) is 5.01. The fraction of sp³-hybridized carbons (Fsp3) is 0.889. The molecule has 6 heteroatoms. The highest BCUT2D eigenvalue weighted by Crippen LogP contribution is 2.19. The van der Waals surface area contributed by atoms with Gasteiger partial charge in [-0.3, -0.25) is 4.79 Å². The number of ketones is 1. The van der Waals surface area contributed by atoms with Crippen LogP contribution in [0.3, 0.4) is 0 Å². The quantitative estimate of drug-likeness (QED) is 0.713. The molecule has 0 spiro atoms. The Morgan fingerprint density at radius 1 is 1.33 bits per heavy atom. The average Bonchev–Trinajstić information content (AvgIpc) is 2.81. The summed E-state index contributed by atoms with van der Waals surface area (Å²) in [6.07, 6.45) is 1.77. The van der Waals surface area contributed by atoms with E-state index >= 15 is 0 Å². The summed E-state index contributed by atoms with van der Waals surface area (Å²) in [7, 11) is -3.49. The van der Waals surface area contributed by atoms with Gasteiger partial charge < -0.3 is 0 Å². The van der Waals surface area contributed by atoms with Crippen LogP contribution in [0.25, 0.3) is 0 Å². The van der Waals surface area contributed by atoms with Gasteiger partial charge in [0.15, 0.2) is 5.78 Å². The van der Waals surface area contributed by atoms with Crippen LogP contribution in [-0.2, 0) is 15.0 Å². The highest BCUT2D eigenvalue weighted by Gasteiger charge is 2.28. The van der Waals surface area contributed by atoms with E-state index in [0.29, 0.717) is 0 Å². The molecule has 0 bridgehead atoms. The standard InChI is InChI=1S/C9H18N2O3S/c1-9(2,3)8(12)6-10-15(13,14)11-7-4-5-7/h7,10-11H,4-6H2,1-3H3. The lowest BCUT2D eigenvalue weighted by Gasteiger charge is -2.16. The molecule has 0 aliphatic heterocycles. The molecule has 1 aliphatic carbocycles. The zero-order valence-electron chi connectivity index (χ0n) is 9.33. The van der Waals surface area contributed by atoms with E-state index in [9.17, 15) is 13.2 Å². The van der Waals surface area contributed by atoms with Crippen LogP contribution in [-0.4, -0.2) is 26.8 Å². The summed E-state index contributed by atoms with van der Waals surface area (Å²) in [5, 5.41) is 0. The van der Waals surface area contributed by atoms with Gasteiger partial charge in [-0.2, -0.15) is 17.9 Å². The molecule has 15 heavy (non-hydrogen) atoms. The van der Waals surface area contributed by atoms with Gasteiger partial charge in [0.2, 0.25) is 0 Å². The van der Waals surface area contributed by atoms with E-state index in [4.69, 9.17) is 0 Å². The summed E-state index contributed by atoms with van der Waals surface area (Å²) < 4.78 is 27.4. The molecule has 0 atom stereocenters. The van der Waals surface area contributed by atoms with Gasteiger partial charge in [-0.25, -0.2) is 0 Å². The maximum Gasteiger partial charge on any atom is 0.277 e. The minimum Gasteiger partial charge on any atom is -0.298 e. The molecule has 0 unspecified atom stereocenters. The van der Waals surface area contributed by atoms with Gasteiger partial charge in [-0.1, -0.05) is 20.8 Å². The Kier molecular flexibility index (Phi) is 3.52. The number of hydrogen-bond donors (Lipinski definition) is 2. The van der Waals surface area contributed by atoms with Crippen LogP contribution in [0, 0.1) is 5.41 Å². The average molecular weight is 234 g/mol.